The van der Waals surface area contributed by atoms with E-state index in [0.29, 0.717) is 44.8 Å². The lowest BCUT2D eigenvalue weighted by Crippen LogP contribution is -2.13. The molecule has 0 atom stereocenters. The van der Waals surface area contributed by atoms with E-state index in [9.17, 15) is 9.59 Å². The molecule has 2 aromatic heterocycles. The van der Waals surface area contributed by atoms with Gasteiger partial charge in [0.05, 0.1) is 22.5 Å². The lowest BCUT2D eigenvalue weighted by Gasteiger charge is -2.19. The van der Waals surface area contributed by atoms with Gasteiger partial charge in [-0.05, 0) is 45.8 Å². The number of fused-ring (bicyclic) bond motifs is 10. The van der Waals surface area contributed by atoms with Gasteiger partial charge in [-0.3, -0.25) is 9.97 Å². The number of benzene rings is 4. The zero-order valence-electron chi connectivity index (χ0n) is 21.3. The highest BCUT2D eigenvalue weighted by atomic mass is 16.5. The van der Waals surface area contributed by atoms with Crippen molar-refractivity contribution in [1.82, 2.24) is 9.97 Å². The second-order valence-corrected chi connectivity index (χ2v) is 9.59. The largest absolute Gasteiger partial charge is 0.457 e. The second kappa shape index (κ2) is 9.75. The first-order valence-electron chi connectivity index (χ1n) is 13.0. The molecule has 0 saturated carbocycles. The molecule has 3 heterocycles. The van der Waals surface area contributed by atoms with Gasteiger partial charge in [0.2, 0.25) is 0 Å². The summed E-state index contributed by atoms with van der Waals surface area (Å²) < 4.78 is 11.9. The summed E-state index contributed by atoms with van der Waals surface area (Å²) in [7, 11) is 0. The van der Waals surface area contributed by atoms with Crippen LogP contribution >= 0.6 is 0 Å². The summed E-state index contributed by atoms with van der Waals surface area (Å²) >= 11 is 0. The van der Waals surface area contributed by atoms with E-state index in [1.54, 1.807) is 36.7 Å². The van der Waals surface area contributed by atoms with Crippen molar-refractivity contribution in [2.24, 2.45) is 0 Å². The van der Waals surface area contributed by atoms with E-state index in [1.807, 2.05) is 72.8 Å². The number of pyridine rings is 2. The average molecular weight is 523 g/mol. The summed E-state index contributed by atoms with van der Waals surface area (Å²) in [6.07, 6.45) is 3.33. The summed E-state index contributed by atoms with van der Waals surface area (Å²) in [6, 6.07) is 30.3. The average Bonchev–Trinajstić information content (AvgIpc) is 3.01. The van der Waals surface area contributed by atoms with Crippen molar-refractivity contribution in [2.45, 2.75) is 13.2 Å². The van der Waals surface area contributed by atoms with E-state index < -0.39 is 11.9 Å². The minimum atomic E-state index is -0.499. The number of cyclic esters (lactones) is 2. The summed E-state index contributed by atoms with van der Waals surface area (Å²) in [6.45, 7) is 0.0128. The van der Waals surface area contributed by atoms with Gasteiger partial charge < -0.3 is 9.47 Å². The Morgan fingerprint density at radius 3 is 1.43 bits per heavy atom. The van der Waals surface area contributed by atoms with Crippen LogP contribution in [-0.2, 0) is 22.7 Å². The molecule has 0 spiro atoms. The minimum absolute atomic E-state index is 0.00642. The van der Waals surface area contributed by atoms with E-state index in [2.05, 4.69) is 9.97 Å². The lowest BCUT2D eigenvalue weighted by atomic mass is 9.87. The van der Waals surface area contributed by atoms with Crippen LogP contribution in [0.5, 0.6) is 0 Å². The molecule has 0 amide bonds. The molecular formula is C34H22N2O4. The zero-order valence-corrected chi connectivity index (χ0v) is 21.3. The fourth-order valence-electron chi connectivity index (χ4n) is 5.40. The first-order valence-corrected chi connectivity index (χ1v) is 13.0. The van der Waals surface area contributed by atoms with Crippen molar-refractivity contribution < 1.29 is 19.1 Å². The Balaban J connectivity index is 1.52. The number of rotatable bonds is 0. The van der Waals surface area contributed by atoms with Crippen LogP contribution in [0.3, 0.4) is 0 Å². The van der Waals surface area contributed by atoms with E-state index in [-0.39, 0.29) is 13.2 Å². The summed E-state index contributed by atoms with van der Waals surface area (Å²) in [5.74, 6) is -0.998. The van der Waals surface area contributed by atoms with Gasteiger partial charge in [-0.25, -0.2) is 9.59 Å². The fourth-order valence-corrected chi connectivity index (χ4v) is 5.40. The molecule has 7 rings (SSSR count). The number of carbonyl (C=O) groups excluding carboxylic acids is 2. The van der Waals surface area contributed by atoms with Crippen molar-refractivity contribution in [3.8, 4) is 22.5 Å². The molecule has 0 unspecified atom stereocenters. The number of ether oxygens (including phenoxy) is 2. The van der Waals surface area contributed by atoms with Gasteiger partial charge in [0.1, 0.15) is 13.2 Å². The van der Waals surface area contributed by atoms with E-state index in [1.165, 1.54) is 0 Å². The summed E-state index contributed by atoms with van der Waals surface area (Å²) in [5, 5.41) is 3.56. The van der Waals surface area contributed by atoms with Crippen molar-refractivity contribution in [3.63, 3.8) is 0 Å². The molecule has 0 aliphatic carbocycles. The van der Waals surface area contributed by atoms with E-state index >= 15 is 0 Å². The van der Waals surface area contributed by atoms with Gasteiger partial charge in [0, 0.05) is 34.6 Å². The number of aromatic nitrogens is 2. The molecular weight excluding hydrogens is 500 g/mol. The van der Waals surface area contributed by atoms with Gasteiger partial charge in [0.15, 0.2) is 0 Å². The van der Waals surface area contributed by atoms with Crippen LogP contribution in [0.15, 0.2) is 109 Å². The van der Waals surface area contributed by atoms with Crippen molar-refractivity contribution in [3.05, 3.63) is 132 Å². The zero-order chi connectivity index (χ0) is 27.1. The highest BCUT2D eigenvalue weighted by Crippen LogP contribution is 2.40. The molecule has 6 heteroatoms. The highest BCUT2D eigenvalue weighted by Gasteiger charge is 2.26. The van der Waals surface area contributed by atoms with Crippen LogP contribution in [0.1, 0.15) is 31.8 Å². The van der Waals surface area contributed by atoms with Crippen LogP contribution in [0.25, 0.3) is 44.1 Å². The van der Waals surface area contributed by atoms with Gasteiger partial charge in [-0.15, -0.1) is 0 Å². The van der Waals surface area contributed by atoms with Gasteiger partial charge in [-0.1, -0.05) is 72.8 Å². The highest BCUT2D eigenvalue weighted by molar-refractivity contribution is 6.17. The first kappa shape index (κ1) is 23.7. The number of nitrogens with zero attached hydrogens (tertiary/aromatic N) is 2. The maximum Gasteiger partial charge on any atom is 0.339 e. The first-order chi connectivity index (χ1) is 19.7. The van der Waals surface area contributed by atoms with Crippen LogP contribution in [0.4, 0.5) is 0 Å². The Bertz CT molecular complexity index is 1820. The van der Waals surface area contributed by atoms with Gasteiger partial charge in [-0.2, -0.15) is 0 Å². The standard InChI is InChI=1S/C34H22N2O4/c37-33-27-15-13-21-7-1-3-11-25(21)29(27)30-26-12-4-2-8-22(26)14-16-28(30)34(38)40-20-24-10-6-18-36-32(24)31-23(19-39-33)9-5-17-35-31/h1-18H,19-20H2. The second-order valence-electron chi connectivity index (χ2n) is 9.59. The summed E-state index contributed by atoms with van der Waals surface area (Å²) in [5.41, 5.74) is 4.55. The van der Waals surface area contributed by atoms with E-state index in [0.717, 1.165) is 21.5 Å². The Morgan fingerprint density at radius 1 is 0.500 bits per heavy atom. The molecule has 40 heavy (non-hydrogen) atoms. The SMILES string of the molecule is O=C1OCc2cccnc2-c2ncccc2COC(=O)c2ccc3ccccc3c2-c2c1ccc1ccccc21. The maximum absolute atomic E-state index is 13.8. The van der Waals surface area contributed by atoms with E-state index in [4.69, 9.17) is 9.47 Å². The molecule has 6 nitrogen and oxygen atoms in total. The molecule has 1 aliphatic heterocycles. The molecule has 0 radical (unpaired) electrons. The molecule has 4 aromatic carbocycles. The molecule has 0 N–H and O–H groups in total. The van der Waals surface area contributed by atoms with Crippen LogP contribution < -0.4 is 0 Å². The molecule has 0 fully saturated rings. The monoisotopic (exact) mass is 522 g/mol. The number of carbonyl (C=O) groups is 2. The third-order valence-electron chi connectivity index (χ3n) is 7.27. The molecule has 192 valence electrons. The third kappa shape index (κ3) is 3.98. The van der Waals surface area contributed by atoms with Gasteiger partial charge >= 0.3 is 11.9 Å². The van der Waals surface area contributed by atoms with Gasteiger partial charge in [0.25, 0.3) is 0 Å². The van der Waals surface area contributed by atoms with Crippen LogP contribution in [0.2, 0.25) is 0 Å². The molecule has 0 saturated heterocycles. The number of esters is 2. The molecule has 1 aliphatic rings. The topological polar surface area (TPSA) is 78.4 Å². The Morgan fingerprint density at radius 2 is 0.950 bits per heavy atom. The molecule has 6 aromatic rings. The fraction of sp³-hybridized carbons (Fsp3) is 0.0588. The predicted octanol–water partition coefficient (Wildman–Crippen LogP) is 7.14. The Labute approximate surface area is 229 Å². The predicted molar refractivity (Wildman–Crippen MR) is 153 cm³/mol. The van der Waals surface area contributed by atoms with Crippen LogP contribution in [0, 0.1) is 0 Å². The minimum Gasteiger partial charge on any atom is -0.457 e. The Hall–Kier alpha value is -5.36. The number of hydrogen-bond donors (Lipinski definition) is 0. The normalized spacial score (nSPS) is 13.3. The smallest absolute Gasteiger partial charge is 0.339 e. The quantitative estimate of drug-likeness (QED) is 0.197. The maximum atomic E-state index is 13.8. The Kier molecular flexibility index (Phi) is 5.78. The van der Waals surface area contributed by atoms with Crippen molar-refractivity contribution in [1.29, 1.82) is 0 Å². The van der Waals surface area contributed by atoms with Crippen LogP contribution in [-0.4, -0.2) is 21.9 Å². The lowest BCUT2D eigenvalue weighted by molar-refractivity contribution is 0.0460. The third-order valence-corrected chi connectivity index (χ3v) is 7.27. The molecule has 0 bridgehead atoms. The van der Waals surface area contributed by atoms with Crippen molar-refractivity contribution >= 4 is 33.5 Å². The summed E-state index contributed by atoms with van der Waals surface area (Å²) in [4.78, 5) is 36.7. The van der Waals surface area contributed by atoms with Crippen molar-refractivity contribution in [2.75, 3.05) is 0 Å². The number of hydrogen-bond acceptors (Lipinski definition) is 6.